The molecule has 0 bridgehead atoms. The summed E-state index contributed by atoms with van der Waals surface area (Å²) in [6, 6.07) is 8.00. The molecule has 2 N–H and O–H groups in total. The molecule has 0 atom stereocenters. The van der Waals surface area contributed by atoms with Gasteiger partial charge in [0.15, 0.2) is 0 Å². The minimum atomic E-state index is 0.381. The molecule has 0 saturated carbocycles. The molecule has 0 radical (unpaired) electrons. The maximum absolute atomic E-state index is 9.78. The van der Waals surface area contributed by atoms with Crippen LogP contribution >= 0.6 is 41.2 Å². The van der Waals surface area contributed by atoms with Crippen molar-refractivity contribution in [2.45, 2.75) is 37.5 Å². The predicted molar refractivity (Wildman–Crippen MR) is 102 cm³/mol. The number of phenols is 2. The zero-order chi connectivity index (χ0) is 16.3. The normalized spacial score (nSPS) is 10.9. The third-order valence-corrected chi connectivity index (χ3v) is 9.22. The van der Waals surface area contributed by atoms with Crippen molar-refractivity contribution in [3.05, 3.63) is 46.5 Å². The van der Waals surface area contributed by atoms with Crippen LogP contribution in [-0.4, -0.2) is 10.2 Å². The first kappa shape index (κ1) is 17.8. The third-order valence-electron chi connectivity index (χ3n) is 3.22. The lowest BCUT2D eigenvalue weighted by atomic mass is 10.1. The van der Waals surface area contributed by atoms with Crippen LogP contribution in [0.1, 0.15) is 22.3 Å². The minimum absolute atomic E-state index is 0.381. The number of aromatic hydroxyl groups is 2. The van der Waals surface area contributed by atoms with Crippen molar-refractivity contribution in [1.29, 1.82) is 0 Å². The molecular weight excluding hydrogens is 352 g/mol. The van der Waals surface area contributed by atoms with E-state index in [-0.39, 0.29) is 0 Å². The number of phenolic OH excluding ortho intramolecular Hbond substituents is 2. The summed E-state index contributed by atoms with van der Waals surface area (Å²) >= 11 is 0. The molecule has 2 rings (SSSR count). The van der Waals surface area contributed by atoms with Crippen molar-refractivity contribution in [3.8, 4) is 11.5 Å². The fraction of sp³-hybridized carbons (Fsp3) is 0.250. The molecule has 0 aliphatic rings. The molecule has 118 valence electrons. The molecule has 2 aromatic carbocycles. The van der Waals surface area contributed by atoms with E-state index < -0.39 is 0 Å². The zero-order valence-electron chi connectivity index (χ0n) is 12.8. The Bertz CT molecular complexity index is 580. The summed E-state index contributed by atoms with van der Waals surface area (Å²) in [6.07, 6.45) is 0. The van der Waals surface area contributed by atoms with E-state index >= 15 is 0 Å². The van der Waals surface area contributed by atoms with Crippen LogP contribution in [0.4, 0.5) is 0 Å². The molecule has 0 fully saturated rings. The Labute approximate surface area is 146 Å². The quantitative estimate of drug-likeness (QED) is 0.467. The Morgan fingerprint density at radius 3 is 1.14 bits per heavy atom. The van der Waals surface area contributed by atoms with E-state index in [9.17, 15) is 10.2 Å². The van der Waals surface area contributed by atoms with Crippen LogP contribution < -0.4 is 0 Å². The molecular formula is C16H18O2S4. The Balaban J connectivity index is 1.90. The van der Waals surface area contributed by atoms with Crippen molar-refractivity contribution < 1.29 is 10.2 Å². The highest BCUT2D eigenvalue weighted by Gasteiger charge is 2.07. The molecule has 0 spiro atoms. The largest absolute Gasteiger partial charge is 0.507 e. The number of hydrogen-bond acceptors (Lipinski definition) is 6. The molecule has 2 aromatic rings. The van der Waals surface area contributed by atoms with Gasteiger partial charge in [0.05, 0.1) is 0 Å². The van der Waals surface area contributed by atoms with Crippen molar-refractivity contribution in [1.82, 2.24) is 0 Å². The Kier molecular flexibility index (Phi) is 6.32. The summed E-state index contributed by atoms with van der Waals surface area (Å²) in [4.78, 5) is 2.29. The topological polar surface area (TPSA) is 40.5 Å². The lowest BCUT2D eigenvalue weighted by Gasteiger charge is -2.08. The number of benzene rings is 2. The first-order chi connectivity index (χ1) is 10.4. The van der Waals surface area contributed by atoms with Gasteiger partial charge in [0.25, 0.3) is 0 Å². The van der Waals surface area contributed by atoms with E-state index in [1.54, 1.807) is 41.2 Å². The SMILES string of the molecule is Cc1cc(SSSSc2cc(C)c(O)c(C)c2)cc(C)c1O. The van der Waals surface area contributed by atoms with Crippen LogP contribution in [0.15, 0.2) is 34.1 Å². The highest BCUT2D eigenvalue weighted by Crippen LogP contribution is 2.50. The molecule has 0 aromatic heterocycles. The van der Waals surface area contributed by atoms with Gasteiger partial charge in [-0.1, -0.05) is 0 Å². The Morgan fingerprint density at radius 2 is 0.864 bits per heavy atom. The summed E-state index contributed by atoms with van der Waals surface area (Å²) in [5.74, 6) is 0.762. The van der Waals surface area contributed by atoms with Crippen molar-refractivity contribution in [2.24, 2.45) is 0 Å². The van der Waals surface area contributed by atoms with Gasteiger partial charge in [0.2, 0.25) is 0 Å². The van der Waals surface area contributed by atoms with Crippen LogP contribution in [-0.2, 0) is 0 Å². The van der Waals surface area contributed by atoms with E-state index in [4.69, 9.17) is 0 Å². The Hall–Kier alpha value is -0.560. The molecule has 2 nitrogen and oxygen atoms in total. The van der Waals surface area contributed by atoms with Crippen molar-refractivity contribution in [2.75, 3.05) is 0 Å². The summed E-state index contributed by atoms with van der Waals surface area (Å²) in [7, 11) is 6.76. The molecule has 0 saturated heterocycles. The van der Waals surface area contributed by atoms with Crippen LogP contribution in [0.2, 0.25) is 0 Å². The van der Waals surface area contributed by atoms with E-state index in [0.29, 0.717) is 11.5 Å². The van der Waals surface area contributed by atoms with E-state index in [1.165, 1.54) is 0 Å². The lowest BCUT2D eigenvalue weighted by Crippen LogP contribution is -1.81. The second kappa shape index (κ2) is 7.81. The maximum atomic E-state index is 9.78. The third kappa shape index (κ3) is 4.47. The molecule has 0 unspecified atom stereocenters. The molecule has 0 aliphatic carbocycles. The molecule has 0 heterocycles. The van der Waals surface area contributed by atoms with Crippen LogP contribution in [0, 0.1) is 27.7 Å². The Morgan fingerprint density at radius 1 is 0.591 bits per heavy atom. The van der Waals surface area contributed by atoms with Gasteiger partial charge in [0, 0.05) is 9.79 Å². The van der Waals surface area contributed by atoms with Gasteiger partial charge in [-0.25, -0.2) is 0 Å². The van der Waals surface area contributed by atoms with Crippen LogP contribution in [0.25, 0.3) is 0 Å². The second-order valence-electron chi connectivity index (χ2n) is 5.11. The van der Waals surface area contributed by atoms with Crippen molar-refractivity contribution in [3.63, 3.8) is 0 Å². The molecule has 0 aliphatic heterocycles. The summed E-state index contributed by atoms with van der Waals surface area (Å²) in [5.41, 5.74) is 3.63. The number of rotatable bonds is 5. The van der Waals surface area contributed by atoms with Gasteiger partial charge >= 0.3 is 0 Å². The second-order valence-corrected chi connectivity index (χ2v) is 10.9. The van der Waals surface area contributed by atoms with E-state index in [0.717, 1.165) is 32.0 Å². The van der Waals surface area contributed by atoms with Gasteiger partial charge in [0.1, 0.15) is 11.5 Å². The smallest absolute Gasteiger partial charge is 0.121 e. The lowest BCUT2D eigenvalue weighted by molar-refractivity contribution is 0.466. The van der Waals surface area contributed by atoms with Gasteiger partial charge in [-0.2, -0.15) is 0 Å². The van der Waals surface area contributed by atoms with Crippen molar-refractivity contribution >= 4 is 41.2 Å². The number of aryl methyl sites for hydroxylation is 4. The van der Waals surface area contributed by atoms with Gasteiger partial charge in [-0.3, -0.25) is 0 Å². The van der Waals surface area contributed by atoms with Crippen LogP contribution in [0.5, 0.6) is 11.5 Å². The maximum Gasteiger partial charge on any atom is 0.121 e. The summed E-state index contributed by atoms with van der Waals surface area (Å²) in [6.45, 7) is 7.67. The first-order valence-electron chi connectivity index (χ1n) is 6.66. The molecule has 6 heteroatoms. The average Bonchev–Trinajstić information content (AvgIpc) is 2.46. The summed E-state index contributed by atoms with van der Waals surface area (Å²) < 4.78 is 0. The molecule has 0 amide bonds. The molecule has 22 heavy (non-hydrogen) atoms. The monoisotopic (exact) mass is 370 g/mol. The first-order valence-corrected chi connectivity index (χ1v) is 11.5. The number of hydrogen-bond donors (Lipinski definition) is 2. The fourth-order valence-corrected chi connectivity index (χ4v) is 7.78. The highest BCUT2D eigenvalue weighted by molar-refractivity contribution is 9.26. The van der Waals surface area contributed by atoms with Crippen LogP contribution in [0.3, 0.4) is 0 Å². The van der Waals surface area contributed by atoms with Gasteiger partial charge in [-0.15, -0.1) is 0 Å². The minimum Gasteiger partial charge on any atom is -0.507 e. The average molecular weight is 371 g/mol. The van der Waals surface area contributed by atoms with E-state index in [2.05, 4.69) is 0 Å². The zero-order valence-corrected chi connectivity index (χ0v) is 16.1. The highest BCUT2D eigenvalue weighted by atomic mass is 33.7. The standard InChI is InChI=1S/C16H18O2S4/c1-9-5-13(6-10(2)15(9)17)19-21-22-20-14-7-11(3)16(18)12(4)8-14/h5-8,17-18H,1-4H3. The van der Waals surface area contributed by atoms with Gasteiger partial charge in [-0.05, 0) is 115 Å². The van der Waals surface area contributed by atoms with Gasteiger partial charge < -0.3 is 10.2 Å². The van der Waals surface area contributed by atoms with E-state index in [1.807, 2.05) is 52.0 Å². The summed E-state index contributed by atoms with van der Waals surface area (Å²) in [5, 5.41) is 19.6. The fourth-order valence-electron chi connectivity index (χ4n) is 2.03. The predicted octanol–water partition coefficient (Wildman–Crippen LogP) is 6.43.